The van der Waals surface area contributed by atoms with Crippen LogP contribution in [0.4, 0.5) is 11.4 Å². The molecule has 9 heteroatoms. The number of hydrogen-bond acceptors (Lipinski definition) is 6. The average molecular weight is 420 g/mol. The van der Waals surface area contributed by atoms with Gasteiger partial charge in [-0.05, 0) is 30.7 Å². The largest absolute Gasteiger partial charge is 0.451 e. The van der Waals surface area contributed by atoms with Crippen molar-refractivity contribution in [3.05, 3.63) is 64.6 Å². The number of fused-ring (bicyclic) bond motifs is 1. The van der Waals surface area contributed by atoms with Crippen LogP contribution in [-0.2, 0) is 21.4 Å². The van der Waals surface area contributed by atoms with Crippen molar-refractivity contribution in [2.45, 2.75) is 12.8 Å². The number of rotatable bonds is 5. The molecule has 9 nitrogen and oxygen atoms in total. The van der Waals surface area contributed by atoms with E-state index in [4.69, 9.17) is 4.74 Å². The standard InChI is InChI=1S/C22H20N4O5/c1-25-21(29)17-9-3-2-8-16(17)20(24-25)22(30)31-13-18(27)23-14-6-4-7-15(12-14)26-11-5-10-19(26)28/h2-4,6-9,12H,5,10-11,13H2,1H3,(H,23,27). The molecule has 1 saturated heterocycles. The van der Waals surface area contributed by atoms with E-state index in [2.05, 4.69) is 10.4 Å². The van der Waals surface area contributed by atoms with E-state index in [-0.39, 0.29) is 17.2 Å². The minimum absolute atomic E-state index is 0.0416. The Morgan fingerprint density at radius 2 is 1.87 bits per heavy atom. The van der Waals surface area contributed by atoms with Crippen molar-refractivity contribution in [1.82, 2.24) is 9.78 Å². The number of carbonyl (C=O) groups is 3. The molecule has 0 radical (unpaired) electrons. The number of benzene rings is 2. The number of nitrogens with one attached hydrogen (secondary N) is 1. The maximum absolute atomic E-state index is 12.5. The summed E-state index contributed by atoms with van der Waals surface area (Å²) in [6.45, 7) is 0.124. The number of aryl methyl sites for hydroxylation is 1. The number of esters is 1. The average Bonchev–Trinajstić information content (AvgIpc) is 3.20. The van der Waals surface area contributed by atoms with Crippen molar-refractivity contribution in [2.24, 2.45) is 7.05 Å². The third kappa shape index (κ3) is 4.16. The molecule has 1 aliphatic heterocycles. The molecular formula is C22H20N4O5. The third-order valence-electron chi connectivity index (χ3n) is 5.00. The van der Waals surface area contributed by atoms with Gasteiger partial charge in [-0.2, -0.15) is 5.10 Å². The number of aromatic nitrogens is 2. The van der Waals surface area contributed by atoms with Gasteiger partial charge in [-0.1, -0.05) is 24.3 Å². The Balaban J connectivity index is 1.44. The monoisotopic (exact) mass is 420 g/mol. The minimum Gasteiger partial charge on any atom is -0.451 e. The Kier molecular flexibility index (Phi) is 5.48. The number of nitrogens with zero attached hydrogens (tertiary/aromatic N) is 3. The highest BCUT2D eigenvalue weighted by Gasteiger charge is 2.22. The number of hydrogen-bond donors (Lipinski definition) is 1. The van der Waals surface area contributed by atoms with Crippen molar-refractivity contribution in [1.29, 1.82) is 0 Å². The van der Waals surface area contributed by atoms with Crippen LogP contribution in [0.15, 0.2) is 53.3 Å². The normalized spacial score (nSPS) is 13.5. The van der Waals surface area contributed by atoms with Gasteiger partial charge >= 0.3 is 5.97 Å². The molecule has 0 unspecified atom stereocenters. The van der Waals surface area contributed by atoms with Gasteiger partial charge in [0.05, 0.1) is 5.39 Å². The van der Waals surface area contributed by atoms with E-state index in [1.807, 2.05) is 0 Å². The van der Waals surface area contributed by atoms with E-state index >= 15 is 0 Å². The highest BCUT2D eigenvalue weighted by atomic mass is 16.5. The van der Waals surface area contributed by atoms with E-state index in [1.54, 1.807) is 53.4 Å². The maximum Gasteiger partial charge on any atom is 0.359 e. The SMILES string of the molecule is Cn1nc(C(=O)OCC(=O)Nc2cccc(N3CCCC3=O)c2)c2ccccc2c1=O. The first-order valence-electron chi connectivity index (χ1n) is 9.77. The summed E-state index contributed by atoms with van der Waals surface area (Å²) in [5, 5.41) is 7.34. The Morgan fingerprint density at radius 1 is 1.10 bits per heavy atom. The van der Waals surface area contributed by atoms with Crippen molar-refractivity contribution >= 4 is 39.9 Å². The summed E-state index contributed by atoms with van der Waals surface area (Å²) >= 11 is 0. The number of anilines is 2. The van der Waals surface area contributed by atoms with Crippen LogP contribution in [0.3, 0.4) is 0 Å². The molecule has 1 aromatic heterocycles. The van der Waals surface area contributed by atoms with Gasteiger partial charge in [-0.3, -0.25) is 14.4 Å². The van der Waals surface area contributed by atoms with E-state index in [0.717, 1.165) is 11.1 Å². The van der Waals surface area contributed by atoms with Crippen LogP contribution in [0.2, 0.25) is 0 Å². The fraction of sp³-hybridized carbons (Fsp3) is 0.227. The molecule has 1 aliphatic rings. The molecule has 31 heavy (non-hydrogen) atoms. The summed E-state index contributed by atoms with van der Waals surface area (Å²) in [4.78, 5) is 50.6. The van der Waals surface area contributed by atoms with E-state index < -0.39 is 18.5 Å². The van der Waals surface area contributed by atoms with Gasteiger partial charge in [0.1, 0.15) is 0 Å². The first-order valence-corrected chi connectivity index (χ1v) is 9.77. The molecule has 0 saturated carbocycles. The van der Waals surface area contributed by atoms with Crippen molar-refractivity contribution < 1.29 is 19.1 Å². The van der Waals surface area contributed by atoms with Crippen LogP contribution in [0, 0.1) is 0 Å². The maximum atomic E-state index is 12.5. The molecule has 3 aromatic rings. The van der Waals surface area contributed by atoms with Crippen molar-refractivity contribution in [2.75, 3.05) is 23.4 Å². The van der Waals surface area contributed by atoms with Crippen LogP contribution in [0.5, 0.6) is 0 Å². The summed E-state index contributed by atoms with van der Waals surface area (Å²) in [7, 11) is 1.44. The first kappa shape index (κ1) is 20.3. The lowest BCUT2D eigenvalue weighted by Crippen LogP contribution is -2.26. The zero-order valence-electron chi connectivity index (χ0n) is 16.8. The predicted octanol–water partition coefficient (Wildman–Crippen LogP) is 1.86. The molecule has 0 atom stereocenters. The van der Waals surface area contributed by atoms with Gasteiger partial charge in [-0.15, -0.1) is 0 Å². The molecule has 2 amide bonds. The minimum atomic E-state index is -0.807. The van der Waals surface area contributed by atoms with Crippen LogP contribution in [0.25, 0.3) is 10.8 Å². The topological polar surface area (TPSA) is 111 Å². The molecule has 0 aliphatic carbocycles. The smallest absolute Gasteiger partial charge is 0.359 e. The van der Waals surface area contributed by atoms with E-state index in [0.29, 0.717) is 35.1 Å². The Labute approximate surface area is 177 Å². The number of amides is 2. The van der Waals surface area contributed by atoms with Gasteiger partial charge in [0.2, 0.25) is 5.91 Å². The van der Waals surface area contributed by atoms with Crippen LogP contribution in [-0.4, -0.2) is 40.7 Å². The summed E-state index contributed by atoms with van der Waals surface area (Å²) in [5.74, 6) is -1.29. The molecule has 1 fully saturated rings. The molecule has 0 bridgehead atoms. The van der Waals surface area contributed by atoms with Crippen LogP contribution in [0.1, 0.15) is 23.3 Å². The molecule has 2 heterocycles. The molecule has 0 spiro atoms. The van der Waals surface area contributed by atoms with Gasteiger partial charge in [0.25, 0.3) is 11.5 Å². The number of carbonyl (C=O) groups excluding carboxylic acids is 3. The molecule has 2 aromatic carbocycles. The van der Waals surface area contributed by atoms with Crippen molar-refractivity contribution in [3.63, 3.8) is 0 Å². The fourth-order valence-electron chi connectivity index (χ4n) is 3.52. The zero-order chi connectivity index (χ0) is 22.0. The Morgan fingerprint density at radius 3 is 2.61 bits per heavy atom. The Hall–Kier alpha value is -4.01. The van der Waals surface area contributed by atoms with Crippen LogP contribution >= 0.6 is 0 Å². The lowest BCUT2D eigenvalue weighted by molar-refractivity contribution is -0.119. The first-order chi connectivity index (χ1) is 14.9. The van der Waals surface area contributed by atoms with Gasteiger partial charge in [0.15, 0.2) is 12.3 Å². The van der Waals surface area contributed by atoms with E-state index in [9.17, 15) is 19.2 Å². The fourth-order valence-corrected chi connectivity index (χ4v) is 3.52. The third-order valence-corrected chi connectivity index (χ3v) is 5.00. The lowest BCUT2D eigenvalue weighted by Gasteiger charge is -2.16. The summed E-state index contributed by atoms with van der Waals surface area (Å²) in [5.41, 5.74) is 0.823. The summed E-state index contributed by atoms with van der Waals surface area (Å²) in [6.07, 6.45) is 1.32. The second-order valence-corrected chi connectivity index (χ2v) is 7.15. The zero-order valence-corrected chi connectivity index (χ0v) is 16.8. The highest BCUT2D eigenvalue weighted by Crippen LogP contribution is 2.24. The predicted molar refractivity (Wildman–Crippen MR) is 114 cm³/mol. The quantitative estimate of drug-likeness (QED) is 0.631. The summed E-state index contributed by atoms with van der Waals surface area (Å²) < 4.78 is 6.18. The molecule has 1 N–H and O–H groups in total. The van der Waals surface area contributed by atoms with Crippen molar-refractivity contribution in [3.8, 4) is 0 Å². The van der Waals surface area contributed by atoms with E-state index in [1.165, 1.54) is 7.05 Å². The van der Waals surface area contributed by atoms with Gasteiger partial charge in [-0.25, -0.2) is 9.48 Å². The highest BCUT2D eigenvalue weighted by molar-refractivity contribution is 6.03. The molecular weight excluding hydrogens is 400 g/mol. The Bertz CT molecular complexity index is 1250. The van der Waals surface area contributed by atoms with Gasteiger partial charge in [0, 0.05) is 36.8 Å². The second-order valence-electron chi connectivity index (χ2n) is 7.15. The summed E-state index contributed by atoms with van der Waals surface area (Å²) in [6, 6.07) is 13.5. The van der Waals surface area contributed by atoms with Crippen LogP contribution < -0.4 is 15.8 Å². The lowest BCUT2D eigenvalue weighted by atomic mass is 10.1. The second kappa shape index (κ2) is 8.39. The molecule has 158 valence electrons. The van der Waals surface area contributed by atoms with Gasteiger partial charge < -0.3 is 15.0 Å². The molecule has 4 rings (SSSR count). The number of ether oxygens (including phenoxy) is 1.